The summed E-state index contributed by atoms with van der Waals surface area (Å²) >= 11 is 17.2. The Labute approximate surface area is 160 Å². The van der Waals surface area contributed by atoms with E-state index in [2.05, 4.69) is 5.32 Å². The van der Waals surface area contributed by atoms with E-state index in [1.165, 1.54) is 18.2 Å². The average Bonchev–Trinajstić information content (AvgIpc) is 2.58. The fourth-order valence-corrected chi connectivity index (χ4v) is 2.36. The first-order chi connectivity index (χ1) is 11.9. The molecular weight excluding hydrogens is 385 g/mol. The van der Waals surface area contributed by atoms with Crippen LogP contribution in [0.2, 0.25) is 10.0 Å². The van der Waals surface area contributed by atoms with E-state index in [-0.39, 0.29) is 5.69 Å². The maximum atomic E-state index is 10.8. The molecule has 1 N–H and O–H groups in total. The van der Waals surface area contributed by atoms with E-state index in [1.807, 2.05) is 0 Å². The van der Waals surface area contributed by atoms with Gasteiger partial charge in [0.25, 0.3) is 5.69 Å². The standard InChI is InChI=1S/C16H15Cl2N3O3S/c1-20(8-9-24-13-5-2-11(17)3-6-13)16(25)19-15-10-12(21(22)23)4-7-14(15)18/h2-7,10H,8-9H2,1H3,(H,19,25). The van der Waals surface area contributed by atoms with Gasteiger partial charge in [-0.1, -0.05) is 23.2 Å². The Hall–Kier alpha value is -2.09. The number of non-ortho nitro benzene ring substituents is 1. The number of hydrogen-bond donors (Lipinski definition) is 1. The lowest BCUT2D eigenvalue weighted by Gasteiger charge is -2.21. The van der Waals surface area contributed by atoms with Crippen molar-refractivity contribution in [1.29, 1.82) is 0 Å². The molecule has 6 nitrogen and oxygen atoms in total. The Kier molecular flexibility index (Phi) is 6.81. The minimum Gasteiger partial charge on any atom is -0.492 e. The van der Waals surface area contributed by atoms with Crippen LogP contribution in [0.25, 0.3) is 0 Å². The van der Waals surface area contributed by atoms with Gasteiger partial charge in [0.2, 0.25) is 0 Å². The van der Waals surface area contributed by atoms with Gasteiger partial charge in [0.05, 0.1) is 22.2 Å². The molecule has 0 aliphatic carbocycles. The third-order valence-electron chi connectivity index (χ3n) is 3.26. The van der Waals surface area contributed by atoms with E-state index in [1.54, 1.807) is 36.2 Å². The van der Waals surface area contributed by atoms with Gasteiger partial charge in [-0.3, -0.25) is 10.1 Å². The van der Waals surface area contributed by atoms with Crippen molar-refractivity contribution in [2.24, 2.45) is 0 Å². The minimum atomic E-state index is -0.492. The zero-order chi connectivity index (χ0) is 18.4. The Morgan fingerprint density at radius 1 is 1.28 bits per heavy atom. The monoisotopic (exact) mass is 399 g/mol. The van der Waals surface area contributed by atoms with Crippen molar-refractivity contribution in [3.05, 3.63) is 62.6 Å². The molecule has 0 aliphatic rings. The summed E-state index contributed by atoms with van der Waals surface area (Å²) in [6.07, 6.45) is 0. The molecule has 0 amide bonds. The molecule has 0 aromatic heterocycles. The number of thiocarbonyl (C=S) groups is 1. The number of rotatable bonds is 6. The first-order valence-electron chi connectivity index (χ1n) is 7.21. The maximum absolute atomic E-state index is 10.8. The third-order valence-corrected chi connectivity index (χ3v) is 4.25. The van der Waals surface area contributed by atoms with Crippen molar-refractivity contribution in [1.82, 2.24) is 4.90 Å². The van der Waals surface area contributed by atoms with Crippen LogP contribution in [0.5, 0.6) is 5.75 Å². The number of halogens is 2. The number of nitro groups is 1. The van der Waals surface area contributed by atoms with Crippen LogP contribution in [0, 0.1) is 10.1 Å². The molecule has 0 saturated carbocycles. The highest BCUT2D eigenvalue weighted by atomic mass is 35.5. The summed E-state index contributed by atoms with van der Waals surface area (Å²) in [5.74, 6) is 0.707. The lowest BCUT2D eigenvalue weighted by molar-refractivity contribution is -0.384. The van der Waals surface area contributed by atoms with E-state index in [4.69, 9.17) is 40.2 Å². The second kappa shape index (κ2) is 8.84. The van der Waals surface area contributed by atoms with Crippen molar-refractivity contribution in [2.45, 2.75) is 0 Å². The molecule has 0 unspecified atom stereocenters. The van der Waals surface area contributed by atoms with Gasteiger partial charge in [0.15, 0.2) is 5.11 Å². The van der Waals surface area contributed by atoms with Crippen LogP contribution in [0.15, 0.2) is 42.5 Å². The molecule has 0 fully saturated rings. The predicted octanol–water partition coefficient (Wildman–Crippen LogP) is 4.61. The number of ether oxygens (including phenoxy) is 1. The molecule has 0 atom stereocenters. The van der Waals surface area contributed by atoms with Crippen LogP contribution in [0.4, 0.5) is 11.4 Å². The third kappa shape index (κ3) is 5.74. The molecule has 0 spiro atoms. The molecule has 0 bridgehead atoms. The summed E-state index contributed by atoms with van der Waals surface area (Å²) in [5, 5.41) is 15.1. The normalized spacial score (nSPS) is 10.2. The van der Waals surface area contributed by atoms with E-state index < -0.39 is 4.92 Å². The van der Waals surface area contributed by atoms with Gasteiger partial charge in [-0.05, 0) is 42.5 Å². The Morgan fingerprint density at radius 3 is 2.60 bits per heavy atom. The molecule has 0 radical (unpaired) electrons. The molecule has 2 aromatic rings. The molecule has 132 valence electrons. The zero-order valence-corrected chi connectivity index (χ0v) is 15.6. The first kappa shape index (κ1) is 19.2. The Balaban J connectivity index is 1.88. The summed E-state index contributed by atoms with van der Waals surface area (Å²) in [6.45, 7) is 0.920. The van der Waals surface area contributed by atoms with Crippen molar-refractivity contribution < 1.29 is 9.66 Å². The number of nitrogens with zero attached hydrogens (tertiary/aromatic N) is 2. The highest BCUT2D eigenvalue weighted by molar-refractivity contribution is 7.80. The molecule has 2 aromatic carbocycles. The van der Waals surface area contributed by atoms with Gasteiger partial charge >= 0.3 is 0 Å². The van der Waals surface area contributed by atoms with Gasteiger partial charge in [-0.15, -0.1) is 0 Å². The SMILES string of the molecule is CN(CCOc1ccc(Cl)cc1)C(=S)Nc1cc([N+](=O)[O-])ccc1Cl. The van der Waals surface area contributed by atoms with E-state index in [9.17, 15) is 10.1 Å². The van der Waals surface area contributed by atoms with Crippen LogP contribution in [-0.2, 0) is 0 Å². The van der Waals surface area contributed by atoms with E-state index in [0.29, 0.717) is 39.7 Å². The largest absolute Gasteiger partial charge is 0.492 e. The minimum absolute atomic E-state index is 0.0663. The average molecular weight is 400 g/mol. The molecule has 0 heterocycles. The summed E-state index contributed by atoms with van der Waals surface area (Å²) in [6, 6.07) is 11.2. The quantitative estimate of drug-likeness (QED) is 0.434. The summed E-state index contributed by atoms with van der Waals surface area (Å²) in [5.41, 5.74) is 0.315. The lowest BCUT2D eigenvalue weighted by atomic mass is 10.3. The second-order valence-electron chi connectivity index (χ2n) is 5.08. The van der Waals surface area contributed by atoms with Crippen molar-refractivity contribution in [3.63, 3.8) is 0 Å². The van der Waals surface area contributed by atoms with Gasteiger partial charge in [0, 0.05) is 24.2 Å². The topological polar surface area (TPSA) is 67.6 Å². The number of anilines is 1. The first-order valence-corrected chi connectivity index (χ1v) is 8.37. The number of benzene rings is 2. The molecule has 2 rings (SSSR count). The fourth-order valence-electron chi connectivity index (χ4n) is 1.87. The van der Waals surface area contributed by atoms with Gasteiger partial charge in [0.1, 0.15) is 12.4 Å². The molecule has 9 heteroatoms. The number of nitrogens with one attached hydrogen (secondary N) is 1. The second-order valence-corrected chi connectivity index (χ2v) is 6.31. The van der Waals surface area contributed by atoms with Crippen LogP contribution in [-0.4, -0.2) is 35.1 Å². The van der Waals surface area contributed by atoms with Gasteiger partial charge in [-0.25, -0.2) is 0 Å². The molecule has 25 heavy (non-hydrogen) atoms. The summed E-state index contributed by atoms with van der Waals surface area (Å²) < 4.78 is 5.60. The molecule has 0 aliphatic heterocycles. The highest BCUT2D eigenvalue weighted by Gasteiger charge is 2.12. The smallest absolute Gasteiger partial charge is 0.271 e. The Morgan fingerprint density at radius 2 is 1.96 bits per heavy atom. The number of likely N-dealkylation sites (N-methyl/N-ethyl adjacent to an activating group) is 1. The predicted molar refractivity (Wildman–Crippen MR) is 104 cm³/mol. The van der Waals surface area contributed by atoms with E-state index in [0.717, 1.165) is 0 Å². The fraction of sp³-hybridized carbons (Fsp3) is 0.188. The maximum Gasteiger partial charge on any atom is 0.271 e. The summed E-state index contributed by atoms with van der Waals surface area (Å²) in [7, 11) is 1.78. The van der Waals surface area contributed by atoms with Gasteiger partial charge < -0.3 is 15.0 Å². The van der Waals surface area contributed by atoms with Crippen LogP contribution >= 0.6 is 35.4 Å². The number of nitro benzene ring substituents is 1. The number of hydrogen-bond acceptors (Lipinski definition) is 4. The van der Waals surface area contributed by atoms with Crippen LogP contribution in [0.3, 0.4) is 0 Å². The van der Waals surface area contributed by atoms with E-state index >= 15 is 0 Å². The van der Waals surface area contributed by atoms with Gasteiger partial charge in [-0.2, -0.15) is 0 Å². The molecular formula is C16H15Cl2N3O3S. The highest BCUT2D eigenvalue weighted by Crippen LogP contribution is 2.26. The van der Waals surface area contributed by atoms with Crippen molar-refractivity contribution >= 4 is 51.9 Å². The van der Waals surface area contributed by atoms with Crippen LogP contribution in [0.1, 0.15) is 0 Å². The molecule has 0 saturated heterocycles. The Bertz CT molecular complexity index is 772. The lowest BCUT2D eigenvalue weighted by Crippen LogP contribution is -2.34. The van der Waals surface area contributed by atoms with Crippen molar-refractivity contribution in [3.8, 4) is 5.75 Å². The zero-order valence-electron chi connectivity index (χ0n) is 13.2. The van der Waals surface area contributed by atoms with Crippen LogP contribution < -0.4 is 10.1 Å². The summed E-state index contributed by atoms with van der Waals surface area (Å²) in [4.78, 5) is 12.1. The van der Waals surface area contributed by atoms with Crippen molar-refractivity contribution in [2.75, 3.05) is 25.5 Å².